The Morgan fingerprint density at radius 2 is 1.85 bits per heavy atom. The van der Waals surface area contributed by atoms with Gasteiger partial charge in [0, 0.05) is 12.6 Å². The van der Waals surface area contributed by atoms with Gasteiger partial charge in [-0.1, -0.05) is 0 Å². The summed E-state index contributed by atoms with van der Waals surface area (Å²) in [5.41, 5.74) is 0.358. The SMILES string of the molecule is CCNc1nc(Oc2ccc(F)c(C)c2)c(F)cc1F. The van der Waals surface area contributed by atoms with Crippen molar-refractivity contribution in [3.05, 3.63) is 47.3 Å². The van der Waals surface area contributed by atoms with E-state index < -0.39 is 17.5 Å². The number of hydrogen-bond acceptors (Lipinski definition) is 3. The molecule has 6 heteroatoms. The lowest BCUT2D eigenvalue weighted by Crippen LogP contribution is -2.04. The normalized spacial score (nSPS) is 10.4. The van der Waals surface area contributed by atoms with E-state index in [-0.39, 0.29) is 17.4 Å². The maximum absolute atomic E-state index is 13.6. The lowest BCUT2D eigenvalue weighted by Gasteiger charge is -2.10. The number of benzene rings is 1. The standard InChI is InChI=1S/C14H13F3N2O/c1-3-18-13-11(16)7-12(17)14(19-13)20-9-4-5-10(15)8(2)6-9/h4-7H,3H2,1-2H3,(H,18,19). The smallest absolute Gasteiger partial charge is 0.258 e. The monoisotopic (exact) mass is 282 g/mol. The van der Waals surface area contributed by atoms with Gasteiger partial charge in [-0.05, 0) is 37.6 Å². The van der Waals surface area contributed by atoms with E-state index in [1.807, 2.05) is 0 Å². The molecule has 0 amide bonds. The molecule has 0 bridgehead atoms. The molecule has 0 spiro atoms. The van der Waals surface area contributed by atoms with Gasteiger partial charge in [0.1, 0.15) is 11.6 Å². The molecule has 0 fully saturated rings. The number of aromatic nitrogens is 1. The van der Waals surface area contributed by atoms with E-state index in [9.17, 15) is 13.2 Å². The number of hydrogen-bond donors (Lipinski definition) is 1. The van der Waals surface area contributed by atoms with Gasteiger partial charge >= 0.3 is 0 Å². The second-order valence-electron chi connectivity index (χ2n) is 4.15. The fourth-order valence-electron chi connectivity index (χ4n) is 1.60. The zero-order valence-electron chi connectivity index (χ0n) is 11.0. The minimum Gasteiger partial charge on any atom is -0.436 e. The van der Waals surface area contributed by atoms with E-state index in [4.69, 9.17) is 4.74 Å². The van der Waals surface area contributed by atoms with Crippen molar-refractivity contribution in [3.63, 3.8) is 0 Å². The van der Waals surface area contributed by atoms with Crippen molar-refractivity contribution in [2.75, 3.05) is 11.9 Å². The van der Waals surface area contributed by atoms with Gasteiger partial charge in [0.25, 0.3) is 5.88 Å². The molecule has 1 heterocycles. The van der Waals surface area contributed by atoms with E-state index in [0.29, 0.717) is 18.2 Å². The number of pyridine rings is 1. The average Bonchev–Trinajstić information content (AvgIpc) is 2.39. The molecule has 1 N–H and O–H groups in total. The third kappa shape index (κ3) is 3.01. The molecule has 0 aliphatic rings. The molecule has 0 atom stereocenters. The maximum Gasteiger partial charge on any atom is 0.258 e. The fourth-order valence-corrected chi connectivity index (χ4v) is 1.60. The number of anilines is 1. The summed E-state index contributed by atoms with van der Waals surface area (Å²) in [4.78, 5) is 3.73. The Kier molecular flexibility index (Phi) is 4.12. The predicted molar refractivity (Wildman–Crippen MR) is 69.5 cm³/mol. The first-order valence-electron chi connectivity index (χ1n) is 6.05. The number of halogens is 3. The summed E-state index contributed by atoms with van der Waals surface area (Å²) < 4.78 is 45.4. The van der Waals surface area contributed by atoms with Crippen LogP contribution in [0.5, 0.6) is 11.6 Å². The molecule has 20 heavy (non-hydrogen) atoms. The number of aryl methyl sites for hydroxylation is 1. The van der Waals surface area contributed by atoms with E-state index in [0.717, 1.165) is 0 Å². The Labute approximate surface area is 114 Å². The maximum atomic E-state index is 13.6. The van der Waals surface area contributed by atoms with Crippen LogP contribution < -0.4 is 10.1 Å². The first kappa shape index (κ1) is 14.2. The third-order valence-electron chi connectivity index (χ3n) is 2.59. The highest BCUT2D eigenvalue weighted by molar-refractivity contribution is 5.41. The van der Waals surface area contributed by atoms with Crippen molar-refractivity contribution in [2.24, 2.45) is 0 Å². The van der Waals surface area contributed by atoms with Gasteiger partial charge in [-0.2, -0.15) is 4.98 Å². The summed E-state index contributed by atoms with van der Waals surface area (Å²) in [5, 5.41) is 2.66. The van der Waals surface area contributed by atoms with Crippen LogP contribution in [0.25, 0.3) is 0 Å². The summed E-state index contributed by atoms with van der Waals surface area (Å²) in [6.45, 7) is 3.75. The fraction of sp³-hybridized carbons (Fsp3) is 0.214. The molecule has 0 saturated heterocycles. The molecule has 2 aromatic rings. The van der Waals surface area contributed by atoms with Gasteiger partial charge in [0.05, 0.1) is 0 Å². The van der Waals surface area contributed by atoms with Crippen LogP contribution in [0.2, 0.25) is 0 Å². The quantitative estimate of drug-likeness (QED) is 0.919. The Morgan fingerprint density at radius 1 is 1.10 bits per heavy atom. The highest BCUT2D eigenvalue weighted by atomic mass is 19.1. The molecule has 0 saturated carbocycles. The molecular weight excluding hydrogens is 269 g/mol. The minimum atomic E-state index is -0.925. The molecule has 0 aliphatic carbocycles. The van der Waals surface area contributed by atoms with E-state index in [1.165, 1.54) is 18.2 Å². The number of nitrogens with zero attached hydrogens (tertiary/aromatic N) is 1. The lowest BCUT2D eigenvalue weighted by molar-refractivity contribution is 0.416. The van der Waals surface area contributed by atoms with Crippen LogP contribution in [-0.4, -0.2) is 11.5 Å². The largest absolute Gasteiger partial charge is 0.436 e. The summed E-state index contributed by atoms with van der Waals surface area (Å²) in [7, 11) is 0. The molecule has 3 nitrogen and oxygen atoms in total. The second-order valence-corrected chi connectivity index (χ2v) is 4.15. The first-order valence-corrected chi connectivity index (χ1v) is 6.05. The van der Waals surface area contributed by atoms with Crippen LogP contribution >= 0.6 is 0 Å². The summed E-state index contributed by atoms with van der Waals surface area (Å²) >= 11 is 0. The summed E-state index contributed by atoms with van der Waals surface area (Å²) in [5.74, 6) is -2.35. The molecule has 0 unspecified atom stereocenters. The van der Waals surface area contributed by atoms with Crippen LogP contribution in [0.1, 0.15) is 12.5 Å². The summed E-state index contributed by atoms with van der Waals surface area (Å²) in [6, 6.07) is 4.65. The van der Waals surface area contributed by atoms with Gasteiger partial charge in [-0.25, -0.2) is 13.2 Å². The van der Waals surface area contributed by atoms with Crippen LogP contribution in [0.15, 0.2) is 24.3 Å². The van der Waals surface area contributed by atoms with Crippen LogP contribution in [0.3, 0.4) is 0 Å². The van der Waals surface area contributed by atoms with Crippen LogP contribution in [0.4, 0.5) is 19.0 Å². The van der Waals surface area contributed by atoms with Crippen molar-refractivity contribution in [1.82, 2.24) is 4.98 Å². The molecule has 1 aromatic carbocycles. The van der Waals surface area contributed by atoms with E-state index >= 15 is 0 Å². The van der Waals surface area contributed by atoms with Crippen molar-refractivity contribution in [2.45, 2.75) is 13.8 Å². The highest BCUT2D eigenvalue weighted by Crippen LogP contribution is 2.27. The first-order chi connectivity index (χ1) is 9.51. The molecule has 0 aliphatic heterocycles. The van der Waals surface area contributed by atoms with Gasteiger partial charge in [0.15, 0.2) is 17.5 Å². The van der Waals surface area contributed by atoms with E-state index in [2.05, 4.69) is 10.3 Å². The molecular formula is C14H13F3N2O. The highest BCUT2D eigenvalue weighted by Gasteiger charge is 2.13. The van der Waals surface area contributed by atoms with Crippen molar-refractivity contribution in [3.8, 4) is 11.6 Å². The number of nitrogens with one attached hydrogen (secondary N) is 1. The van der Waals surface area contributed by atoms with Crippen LogP contribution in [0, 0.1) is 24.4 Å². The molecule has 2 rings (SSSR count). The van der Waals surface area contributed by atoms with Crippen molar-refractivity contribution >= 4 is 5.82 Å². The zero-order chi connectivity index (χ0) is 14.7. The molecule has 0 radical (unpaired) electrons. The van der Waals surface area contributed by atoms with Gasteiger partial charge < -0.3 is 10.1 Å². The number of rotatable bonds is 4. The lowest BCUT2D eigenvalue weighted by atomic mass is 10.2. The number of ether oxygens (including phenoxy) is 1. The Bertz CT molecular complexity index is 632. The molecule has 1 aromatic heterocycles. The average molecular weight is 282 g/mol. The zero-order valence-corrected chi connectivity index (χ0v) is 11.0. The van der Waals surface area contributed by atoms with Gasteiger partial charge in [0.2, 0.25) is 0 Å². The van der Waals surface area contributed by atoms with E-state index in [1.54, 1.807) is 13.8 Å². The van der Waals surface area contributed by atoms with Crippen molar-refractivity contribution < 1.29 is 17.9 Å². The molecule has 106 valence electrons. The second kappa shape index (κ2) is 5.81. The Balaban J connectivity index is 2.32. The Morgan fingerprint density at radius 3 is 2.50 bits per heavy atom. The Hall–Kier alpha value is -2.24. The van der Waals surface area contributed by atoms with Crippen molar-refractivity contribution in [1.29, 1.82) is 0 Å². The topological polar surface area (TPSA) is 34.2 Å². The van der Waals surface area contributed by atoms with Crippen LogP contribution in [-0.2, 0) is 0 Å². The van der Waals surface area contributed by atoms with Gasteiger partial charge in [-0.15, -0.1) is 0 Å². The van der Waals surface area contributed by atoms with Gasteiger partial charge in [-0.3, -0.25) is 0 Å². The summed E-state index contributed by atoms with van der Waals surface area (Å²) in [6.07, 6.45) is 0. The predicted octanol–water partition coefficient (Wildman–Crippen LogP) is 4.03. The minimum absolute atomic E-state index is 0.0947. The third-order valence-corrected chi connectivity index (χ3v) is 2.59.